The third kappa shape index (κ3) is 4.14. The third-order valence-corrected chi connectivity index (χ3v) is 14.3. The topological polar surface area (TPSA) is 4.93 Å². The number of para-hydroxylation sites is 1. The molecule has 0 aliphatic heterocycles. The first kappa shape index (κ1) is 30.5. The molecule has 54 heavy (non-hydrogen) atoms. The smallest absolute Gasteiger partial charge is 0.0541 e. The first-order valence-corrected chi connectivity index (χ1v) is 20.3. The van der Waals surface area contributed by atoms with Crippen LogP contribution in [0.3, 0.4) is 0 Å². The first-order chi connectivity index (χ1) is 26.5. The summed E-state index contributed by atoms with van der Waals surface area (Å²) in [5.74, 6) is 0. The van der Waals surface area contributed by atoms with Gasteiger partial charge in [0, 0.05) is 62.2 Å². The summed E-state index contributed by atoms with van der Waals surface area (Å²) in [5, 5.41) is 8.00. The zero-order chi connectivity index (χ0) is 35.7. The second kappa shape index (κ2) is 11.0. The van der Waals surface area contributed by atoms with Gasteiger partial charge < -0.3 is 4.57 Å². The maximum atomic E-state index is 2.45. The minimum Gasteiger partial charge on any atom is -0.309 e. The molecule has 3 aromatic heterocycles. The van der Waals surface area contributed by atoms with E-state index in [0.29, 0.717) is 0 Å². The molecule has 8 aromatic carbocycles. The third-order valence-electron chi connectivity index (χ3n) is 12.0. The highest BCUT2D eigenvalue weighted by Crippen LogP contribution is 2.54. The summed E-state index contributed by atoms with van der Waals surface area (Å²) in [6.45, 7) is 4.81. The molecule has 0 fully saturated rings. The van der Waals surface area contributed by atoms with Gasteiger partial charge in [-0.1, -0.05) is 117 Å². The van der Waals surface area contributed by atoms with Crippen LogP contribution in [0.25, 0.3) is 101 Å². The number of hydrogen-bond donors (Lipinski definition) is 0. The molecule has 0 amide bonds. The van der Waals surface area contributed by atoms with Gasteiger partial charge in [-0.3, -0.25) is 0 Å². The Morgan fingerprint density at radius 3 is 1.89 bits per heavy atom. The second-order valence-electron chi connectivity index (χ2n) is 15.3. The van der Waals surface area contributed by atoms with Crippen molar-refractivity contribution in [1.82, 2.24) is 4.57 Å². The lowest BCUT2D eigenvalue weighted by Gasteiger charge is -2.22. The predicted molar refractivity (Wildman–Crippen MR) is 235 cm³/mol. The van der Waals surface area contributed by atoms with E-state index in [2.05, 4.69) is 182 Å². The molecule has 0 saturated carbocycles. The maximum absolute atomic E-state index is 2.45. The summed E-state index contributed by atoms with van der Waals surface area (Å²) in [5.41, 5.74) is 14.2. The lowest BCUT2D eigenvalue weighted by Crippen LogP contribution is -2.15. The molecular formula is C51H33NS2. The van der Waals surface area contributed by atoms with Crippen LogP contribution in [0, 0.1) is 0 Å². The van der Waals surface area contributed by atoms with Crippen molar-refractivity contribution in [3.63, 3.8) is 0 Å². The van der Waals surface area contributed by atoms with Crippen LogP contribution in [0.15, 0.2) is 164 Å². The van der Waals surface area contributed by atoms with E-state index < -0.39 is 0 Å². The normalized spacial score (nSPS) is 13.5. The van der Waals surface area contributed by atoms with Gasteiger partial charge >= 0.3 is 0 Å². The molecule has 12 rings (SSSR count). The molecule has 0 spiro atoms. The summed E-state index contributed by atoms with van der Waals surface area (Å²) in [6, 6.07) is 61.3. The van der Waals surface area contributed by atoms with Crippen LogP contribution in [0.5, 0.6) is 0 Å². The van der Waals surface area contributed by atoms with E-state index in [-0.39, 0.29) is 5.41 Å². The number of nitrogens with zero attached hydrogens (tertiary/aromatic N) is 1. The molecule has 0 saturated heterocycles. The average Bonchev–Trinajstić information content (AvgIpc) is 3.94. The van der Waals surface area contributed by atoms with Crippen LogP contribution in [0.2, 0.25) is 0 Å². The Balaban J connectivity index is 1.07. The van der Waals surface area contributed by atoms with Crippen molar-refractivity contribution in [1.29, 1.82) is 0 Å². The fourth-order valence-electron chi connectivity index (χ4n) is 9.52. The fraction of sp³-hybridized carbons (Fsp3) is 0.0588. The largest absolute Gasteiger partial charge is 0.309 e. The summed E-state index contributed by atoms with van der Waals surface area (Å²) in [7, 11) is 0. The molecule has 0 radical (unpaired) electrons. The molecule has 3 heteroatoms. The van der Waals surface area contributed by atoms with Gasteiger partial charge in [0.2, 0.25) is 0 Å². The Morgan fingerprint density at radius 1 is 0.426 bits per heavy atom. The highest BCUT2D eigenvalue weighted by molar-refractivity contribution is 7.26. The van der Waals surface area contributed by atoms with E-state index in [9.17, 15) is 0 Å². The van der Waals surface area contributed by atoms with Crippen molar-refractivity contribution in [3.05, 3.63) is 175 Å². The quantitative estimate of drug-likeness (QED) is 0.171. The Morgan fingerprint density at radius 2 is 1.07 bits per heavy atom. The van der Waals surface area contributed by atoms with Gasteiger partial charge in [-0.2, -0.15) is 0 Å². The maximum Gasteiger partial charge on any atom is 0.0541 e. The van der Waals surface area contributed by atoms with Crippen molar-refractivity contribution in [3.8, 4) is 39.1 Å². The zero-order valence-corrected chi connectivity index (χ0v) is 31.5. The number of aromatic nitrogens is 1. The summed E-state index contributed by atoms with van der Waals surface area (Å²) in [4.78, 5) is 0. The lowest BCUT2D eigenvalue weighted by atomic mass is 9.80. The van der Waals surface area contributed by atoms with Crippen molar-refractivity contribution >= 4 is 84.8 Å². The van der Waals surface area contributed by atoms with Crippen molar-refractivity contribution in [2.45, 2.75) is 19.3 Å². The van der Waals surface area contributed by atoms with Crippen molar-refractivity contribution in [2.24, 2.45) is 0 Å². The van der Waals surface area contributed by atoms with Gasteiger partial charge in [-0.25, -0.2) is 0 Å². The first-order valence-electron chi connectivity index (χ1n) is 18.7. The fourth-order valence-corrected chi connectivity index (χ4v) is 11.9. The van der Waals surface area contributed by atoms with E-state index in [4.69, 9.17) is 0 Å². The van der Waals surface area contributed by atoms with Gasteiger partial charge in [0.05, 0.1) is 11.0 Å². The minimum absolute atomic E-state index is 0.0900. The van der Waals surface area contributed by atoms with Crippen LogP contribution < -0.4 is 0 Å². The molecule has 11 aromatic rings. The van der Waals surface area contributed by atoms with Gasteiger partial charge in [0.15, 0.2) is 0 Å². The molecule has 0 atom stereocenters. The van der Waals surface area contributed by atoms with E-state index in [1.165, 1.54) is 112 Å². The second-order valence-corrected chi connectivity index (χ2v) is 17.4. The van der Waals surface area contributed by atoms with Gasteiger partial charge in [-0.15, -0.1) is 22.7 Å². The molecule has 1 aliphatic carbocycles. The Labute approximate surface area is 321 Å². The van der Waals surface area contributed by atoms with E-state index in [1.54, 1.807) is 0 Å². The molecule has 0 bridgehead atoms. The van der Waals surface area contributed by atoms with Gasteiger partial charge in [0.25, 0.3) is 0 Å². The lowest BCUT2D eigenvalue weighted by molar-refractivity contribution is 0.667. The summed E-state index contributed by atoms with van der Waals surface area (Å²) in [6.07, 6.45) is 0. The van der Waals surface area contributed by atoms with E-state index in [0.717, 1.165) is 0 Å². The Kier molecular flexibility index (Phi) is 6.22. The van der Waals surface area contributed by atoms with Crippen LogP contribution in [-0.2, 0) is 5.41 Å². The number of hydrogen-bond acceptors (Lipinski definition) is 2. The minimum atomic E-state index is -0.0900. The standard InChI is InChI=1S/C51H33NS2/c1-51(2)42-23-19-30(27-39(42)36-22-26-47-48(49(36)51)38-14-7-9-18-46(38)53-47)31-20-24-43-40(28-31)41-29-32(21-25-44(41)52(43)33-11-4-3-5-12-33)34-15-10-16-37-35-13-6-8-17-45(35)54-50(34)37/h3-29H,1-2H3. The van der Waals surface area contributed by atoms with Crippen molar-refractivity contribution in [2.75, 3.05) is 0 Å². The zero-order valence-electron chi connectivity index (χ0n) is 29.9. The van der Waals surface area contributed by atoms with Crippen molar-refractivity contribution < 1.29 is 0 Å². The average molecular weight is 724 g/mol. The number of fused-ring (bicyclic) bond motifs is 13. The molecule has 254 valence electrons. The Hall–Kier alpha value is -6.00. The highest BCUT2D eigenvalue weighted by atomic mass is 32.1. The van der Waals surface area contributed by atoms with E-state index >= 15 is 0 Å². The summed E-state index contributed by atoms with van der Waals surface area (Å²) >= 11 is 3.80. The molecular weight excluding hydrogens is 691 g/mol. The molecule has 3 heterocycles. The number of thiophene rings is 2. The van der Waals surface area contributed by atoms with Crippen LogP contribution >= 0.6 is 22.7 Å². The highest BCUT2D eigenvalue weighted by Gasteiger charge is 2.38. The SMILES string of the molecule is CC1(C)c2ccc(-c3ccc4c(c3)c3cc(-c5cccc6c5sc5ccccc56)ccc3n4-c3ccccc3)cc2-c2ccc3sc4ccccc4c3c21. The monoisotopic (exact) mass is 723 g/mol. The van der Waals surface area contributed by atoms with Gasteiger partial charge in [0.1, 0.15) is 0 Å². The predicted octanol–water partition coefficient (Wildman–Crippen LogP) is 15.2. The molecule has 1 nitrogen and oxygen atoms in total. The molecule has 0 unspecified atom stereocenters. The number of benzene rings is 8. The van der Waals surface area contributed by atoms with Gasteiger partial charge in [-0.05, 0) is 105 Å². The molecule has 0 N–H and O–H groups in total. The van der Waals surface area contributed by atoms with Crippen LogP contribution in [-0.4, -0.2) is 4.57 Å². The molecule has 1 aliphatic rings. The van der Waals surface area contributed by atoms with Crippen LogP contribution in [0.1, 0.15) is 25.0 Å². The van der Waals surface area contributed by atoms with Crippen LogP contribution in [0.4, 0.5) is 0 Å². The Bertz CT molecular complexity index is 3350. The number of rotatable bonds is 3. The van der Waals surface area contributed by atoms with E-state index in [1.807, 2.05) is 22.7 Å². The summed E-state index contributed by atoms with van der Waals surface area (Å²) < 4.78 is 7.84.